The highest BCUT2D eigenvalue weighted by molar-refractivity contribution is 5.95. The third-order valence-corrected chi connectivity index (χ3v) is 3.01. The van der Waals surface area contributed by atoms with Crippen molar-refractivity contribution in [3.05, 3.63) is 30.1 Å². The van der Waals surface area contributed by atoms with Crippen LogP contribution in [0.1, 0.15) is 23.3 Å². The van der Waals surface area contributed by atoms with Crippen molar-refractivity contribution in [2.45, 2.75) is 18.9 Å². The van der Waals surface area contributed by atoms with Crippen molar-refractivity contribution < 1.29 is 9.90 Å². The minimum absolute atomic E-state index is 0.0287. The summed E-state index contributed by atoms with van der Waals surface area (Å²) < 4.78 is 0. The molecule has 1 saturated heterocycles. The van der Waals surface area contributed by atoms with Gasteiger partial charge in [0.05, 0.1) is 13.2 Å². The SMILES string of the molecule is O=C(CN1CCCC1CO)c1ccccn1. The third kappa shape index (κ3) is 2.46. The summed E-state index contributed by atoms with van der Waals surface area (Å²) in [5.41, 5.74) is 0.506. The fourth-order valence-electron chi connectivity index (χ4n) is 2.10. The zero-order valence-electron chi connectivity index (χ0n) is 9.17. The van der Waals surface area contributed by atoms with Gasteiger partial charge >= 0.3 is 0 Å². The van der Waals surface area contributed by atoms with Crippen molar-refractivity contribution in [2.24, 2.45) is 0 Å². The van der Waals surface area contributed by atoms with Gasteiger partial charge in [-0.3, -0.25) is 14.7 Å². The normalized spacial score (nSPS) is 21.2. The molecule has 1 aromatic rings. The molecule has 4 nitrogen and oxygen atoms in total. The Bertz CT molecular complexity index is 353. The first-order chi connectivity index (χ1) is 7.81. The van der Waals surface area contributed by atoms with E-state index in [9.17, 15) is 4.79 Å². The van der Waals surface area contributed by atoms with E-state index in [1.54, 1.807) is 18.3 Å². The monoisotopic (exact) mass is 220 g/mol. The Kier molecular flexibility index (Phi) is 3.64. The van der Waals surface area contributed by atoms with Gasteiger partial charge in [-0.2, -0.15) is 0 Å². The van der Waals surface area contributed by atoms with Crippen LogP contribution < -0.4 is 0 Å². The Labute approximate surface area is 94.9 Å². The Hall–Kier alpha value is -1.26. The Balaban J connectivity index is 1.97. The molecular weight excluding hydrogens is 204 g/mol. The average molecular weight is 220 g/mol. The number of rotatable bonds is 4. The molecule has 0 amide bonds. The van der Waals surface area contributed by atoms with Crippen LogP contribution in [0.2, 0.25) is 0 Å². The summed E-state index contributed by atoms with van der Waals surface area (Å²) >= 11 is 0. The molecule has 1 N–H and O–H groups in total. The maximum atomic E-state index is 11.9. The van der Waals surface area contributed by atoms with Gasteiger partial charge in [-0.05, 0) is 31.5 Å². The molecule has 0 spiro atoms. The molecule has 1 atom stereocenters. The molecule has 0 aliphatic carbocycles. The predicted molar refractivity (Wildman–Crippen MR) is 60.2 cm³/mol. The van der Waals surface area contributed by atoms with Gasteiger partial charge in [0.2, 0.25) is 0 Å². The molecule has 0 radical (unpaired) electrons. The maximum absolute atomic E-state index is 11.9. The first-order valence-electron chi connectivity index (χ1n) is 5.60. The highest BCUT2D eigenvalue weighted by atomic mass is 16.3. The number of Topliss-reactive ketones (excluding diaryl/α,β-unsaturated/α-hetero) is 1. The number of nitrogens with zero attached hydrogens (tertiary/aromatic N) is 2. The maximum Gasteiger partial charge on any atom is 0.195 e. The number of aliphatic hydroxyl groups is 1. The van der Waals surface area contributed by atoms with Gasteiger partial charge in [0, 0.05) is 12.2 Å². The number of ketones is 1. The van der Waals surface area contributed by atoms with Crippen molar-refractivity contribution in [1.29, 1.82) is 0 Å². The molecule has 0 aromatic carbocycles. The quantitative estimate of drug-likeness (QED) is 0.760. The van der Waals surface area contributed by atoms with Crippen LogP contribution >= 0.6 is 0 Å². The van der Waals surface area contributed by atoms with Crippen LogP contribution in [0, 0.1) is 0 Å². The second kappa shape index (κ2) is 5.18. The van der Waals surface area contributed by atoms with Crippen molar-refractivity contribution in [2.75, 3.05) is 19.7 Å². The molecule has 86 valence electrons. The number of carbonyl (C=O) groups is 1. The molecule has 0 bridgehead atoms. The molecule has 4 heteroatoms. The van der Waals surface area contributed by atoms with Crippen molar-refractivity contribution >= 4 is 5.78 Å². The number of aliphatic hydroxyl groups excluding tert-OH is 1. The minimum Gasteiger partial charge on any atom is -0.395 e. The fourth-order valence-corrected chi connectivity index (χ4v) is 2.10. The second-order valence-electron chi connectivity index (χ2n) is 4.09. The van der Waals surface area contributed by atoms with Crippen LogP contribution in [0.4, 0.5) is 0 Å². The van der Waals surface area contributed by atoms with Crippen LogP contribution in [0.5, 0.6) is 0 Å². The second-order valence-corrected chi connectivity index (χ2v) is 4.09. The van der Waals surface area contributed by atoms with Crippen LogP contribution in [-0.2, 0) is 0 Å². The van der Waals surface area contributed by atoms with Gasteiger partial charge in [0.25, 0.3) is 0 Å². The fraction of sp³-hybridized carbons (Fsp3) is 0.500. The van der Waals surface area contributed by atoms with E-state index in [1.165, 1.54) is 0 Å². The van der Waals surface area contributed by atoms with E-state index < -0.39 is 0 Å². The Morgan fingerprint density at radius 1 is 1.56 bits per heavy atom. The molecule has 1 aliphatic rings. The number of aromatic nitrogens is 1. The van der Waals surface area contributed by atoms with E-state index in [0.717, 1.165) is 19.4 Å². The lowest BCUT2D eigenvalue weighted by atomic mass is 10.2. The third-order valence-electron chi connectivity index (χ3n) is 3.01. The number of likely N-dealkylation sites (tertiary alicyclic amines) is 1. The molecule has 1 unspecified atom stereocenters. The van der Waals surface area contributed by atoms with Crippen LogP contribution in [0.3, 0.4) is 0 Å². The lowest BCUT2D eigenvalue weighted by molar-refractivity contribution is 0.0883. The summed E-state index contributed by atoms with van der Waals surface area (Å²) in [7, 11) is 0. The highest BCUT2D eigenvalue weighted by Crippen LogP contribution is 2.16. The van der Waals surface area contributed by atoms with E-state index in [2.05, 4.69) is 4.98 Å². The largest absolute Gasteiger partial charge is 0.395 e. The summed E-state index contributed by atoms with van der Waals surface area (Å²) in [5.74, 6) is 0.0287. The van der Waals surface area contributed by atoms with Gasteiger partial charge in [0.1, 0.15) is 5.69 Å². The zero-order chi connectivity index (χ0) is 11.4. The zero-order valence-corrected chi connectivity index (χ0v) is 9.17. The minimum atomic E-state index is 0.0287. The van der Waals surface area contributed by atoms with Crippen LogP contribution in [-0.4, -0.2) is 46.5 Å². The summed E-state index contributed by atoms with van der Waals surface area (Å²) in [6, 6.07) is 5.48. The molecule has 1 fully saturated rings. The number of pyridine rings is 1. The molecule has 1 aromatic heterocycles. The molecule has 0 saturated carbocycles. The molecule has 1 aliphatic heterocycles. The lowest BCUT2D eigenvalue weighted by Gasteiger charge is -2.21. The lowest BCUT2D eigenvalue weighted by Crippen LogP contribution is -2.36. The van der Waals surface area contributed by atoms with Crippen molar-refractivity contribution in [1.82, 2.24) is 9.88 Å². The van der Waals surface area contributed by atoms with E-state index >= 15 is 0 Å². The van der Waals surface area contributed by atoms with Gasteiger partial charge in [0.15, 0.2) is 5.78 Å². The van der Waals surface area contributed by atoms with Gasteiger partial charge in [-0.15, -0.1) is 0 Å². The van der Waals surface area contributed by atoms with Crippen molar-refractivity contribution in [3.8, 4) is 0 Å². The Morgan fingerprint density at radius 2 is 2.44 bits per heavy atom. The van der Waals surface area contributed by atoms with Crippen LogP contribution in [0.15, 0.2) is 24.4 Å². The molecule has 16 heavy (non-hydrogen) atoms. The average Bonchev–Trinajstić information content (AvgIpc) is 2.77. The summed E-state index contributed by atoms with van der Waals surface area (Å²) in [5, 5.41) is 9.15. The number of carbonyl (C=O) groups excluding carboxylic acids is 1. The summed E-state index contributed by atoms with van der Waals surface area (Å²) in [4.78, 5) is 17.9. The number of hydrogen-bond donors (Lipinski definition) is 1. The predicted octanol–water partition coefficient (Wildman–Crippen LogP) is 0.721. The van der Waals surface area contributed by atoms with Gasteiger partial charge in [-0.1, -0.05) is 6.07 Å². The molecule has 2 heterocycles. The number of hydrogen-bond acceptors (Lipinski definition) is 4. The summed E-state index contributed by atoms with van der Waals surface area (Å²) in [6.07, 6.45) is 3.66. The Morgan fingerprint density at radius 3 is 3.12 bits per heavy atom. The van der Waals surface area contributed by atoms with E-state index in [0.29, 0.717) is 12.2 Å². The molecular formula is C12H16N2O2. The van der Waals surface area contributed by atoms with Gasteiger partial charge < -0.3 is 5.11 Å². The summed E-state index contributed by atoms with van der Waals surface area (Å²) in [6.45, 7) is 1.39. The standard InChI is InChI=1S/C12H16N2O2/c15-9-10-4-3-7-14(10)8-12(16)11-5-1-2-6-13-11/h1-2,5-6,10,15H,3-4,7-9H2. The topological polar surface area (TPSA) is 53.4 Å². The first-order valence-corrected chi connectivity index (χ1v) is 5.60. The van der Waals surface area contributed by atoms with Crippen molar-refractivity contribution in [3.63, 3.8) is 0 Å². The molecule has 2 rings (SSSR count). The van der Waals surface area contributed by atoms with Crippen LogP contribution in [0.25, 0.3) is 0 Å². The smallest absolute Gasteiger partial charge is 0.195 e. The highest BCUT2D eigenvalue weighted by Gasteiger charge is 2.25. The van der Waals surface area contributed by atoms with E-state index in [4.69, 9.17) is 5.11 Å². The van der Waals surface area contributed by atoms with E-state index in [1.807, 2.05) is 11.0 Å². The van der Waals surface area contributed by atoms with E-state index in [-0.39, 0.29) is 18.4 Å². The van der Waals surface area contributed by atoms with Gasteiger partial charge in [-0.25, -0.2) is 0 Å². The first kappa shape index (κ1) is 11.2.